The van der Waals surface area contributed by atoms with Crippen molar-refractivity contribution in [3.05, 3.63) is 0 Å². The summed E-state index contributed by atoms with van der Waals surface area (Å²) >= 11 is 0. The van der Waals surface area contributed by atoms with Crippen molar-refractivity contribution < 1.29 is 54.8 Å². The zero-order chi connectivity index (χ0) is 4.50. The van der Waals surface area contributed by atoms with Crippen LogP contribution < -0.4 is 0 Å². The van der Waals surface area contributed by atoms with E-state index in [4.69, 9.17) is 17.5 Å². The average molecular weight is 264 g/mol. The van der Waals surface area contributed by atoms with Crippen molar-refractivity contribution >= 4 is 10.4 Å². The Bertz CT molecular complexity index is 90.7. The van der Waals surface area contributed by atoms with E-state index in [2.05, 4.69) is 0 Å². The first-order valence-electron chi connectivity index (χ1n) is 0.683. The molecule has 4 nitrogen and oxygen atoms in total. The third-order valence-electron chi connectivity index (χ3n) is 0. The number of hydrogen-bond acceptors (Lipinski definition) is 3. The molecule has 0 amide bonds. The molecule has 6 heavy (non-hydrogen) atoms. The van der Waals surface area contributed by atoms with Gasteiger partial charge in [0.05, 0.1) is 0 Å². The van der Waals surface area contributed by atoms with Crippen LogP contribution in [-0.2, 0) is 10.4 Å². The summed E-state index contributed by atoms with van der Waals surface area (Å²) in [5.74, 6) is 0. The first kappa shape index (κ1) is 10.2. The molecule has 6 heteroatoms. The Balaban J connectivity index is 0. The van der Waals surface area contributed by atoms with Crippen molar-refractivity contribution in [2.24, 2.45) is 0 Å². The molecule has 0 fully saturated rings. The fraction of sp³-hybridized carbons (Fsp3) is 0. The third-order valence-corrected chi connectivity index (χ3v) is 0. The molecule has 0 atom stereocenters. The largest absolute Gasteiger partial charge is 0.726 e. The van der Waals surface area contributed by atoms with Gasteiger partial charge in [-0.1, -0.05) is 0 Å². The summed E-state index contributed by atoms with van der Waals surface area (Å²) in [6.45, 7) is 0. The Morgan fingerprint density at radius 2 is 1.50 bits per heavy atom. The Morgan fingerprint density at radius 3 is 1.50 bits per heavy atom. The maximum absolute atomic E-state index is 8.63. The Kier molecular flexibility index (Phi) is 5.36. The summed E-state index contributed by atoms with van der Waals surface area (Å²) in [6, 6.07) is 0. The molecule has 44 valence electrons. The summed E-state index contributed by atoms with van der Waals surface area (Å²) in [5, 5.41) is 0. The molecule has 0 aliphatic heterocycles. The van der Waals surface area contributed by atoms with E-state index in [1.165, 1.54) is 0 Å². The zero-order valence-electron chi connectivity index (χ0n) is 2.37. The molecule has 0 saturated carbocycles. The van der Waals surface area contributed by atoms with Crippen LogP contribution in [0.5, 0.6) is 0 Å². The first-order valence-corrected chi connectivity index (χ1v) is 2.05. The normalized spacial score (nSPS) is 9.67. The molecule has 0 aromatic heterocycles. The zero-order valence-corrected chi connectivity index (χ0v) is 5.04. The van der Waals surface area contributed by atoms with Crippen LogP contribution in [-0.4, -0.2) is 17.5 Å². The van der Waals surface area contributed by atoms with Gasteiger partial charge < -0.3 is 4.55 Å². The molecular weight excluding hydrogens is 263 g/mol. The van der Waals surface area contributed by atoms with Crippen LogP contribution >= 0.6 is 0 Å². The minimum absolute atomic E-state index is 0. The van der Waals surface area contributed by atoms with Crippen molar-refractivity contribution in [1.82, 2.24) is 0 Å². The van der Waals surface area contributed by atoms with Crippen LogP contribution in [0.4, 0.5) is 0 Å². The predicted octanol–water partition coefficient (Wildman–Crippen LogP) is -0.995. The van der Waals surface area contributed by atoms with Gasteiger partial charge in [0, 0.05) is 37.3 Å². The van der Waals surface area contributed by atoms with Crippen LogP contribution in [0, 0.1) is 37.3 Å². The van der Waals surface area contributed by atoms with Crippen LogP contribution in [0.3, 0.4) is 0 Å². The summed E-state index contributed by atoms with van der Waals surface area (Å²) in [7, 11) is -4.92. The van der Waals surface area contributed by atoms with E-state index >= 15 is 0 Å². The quantitative estimate of drug-likeness (QED) is 0.450. The second-order valence-electron chi connectivity index (χ2n) is 0.428. The SMILES string of the molecule is O=S(=O)([O-])O.[Er]. The van der Waals surface area contributed by atoms with Gasteiger partial charge in [-0.15, -0.1) is 0 Å². The molecule has 0 bridgehead atoms. The third kappa shape index (κ3) is 69.5. The minimum atomic E-state index is -4.92. The fourth-order valence-corrected chi connectivity index (χ4v) is 0. The number of hydrogen-bond donors (Lipinski definition) is 1. The van der Waals surface area contributed by atoms with E-state index in [-0.39, 0.29) is 37.3 Å². The summed E-state index contributed by atoms with van der Waals surface area (Å²) in [6.07, 6.45) is 0. The van der Waals surface area contributed by atoms with Crippen molar-refractivity contribution in [3.63, 3.8) is 0 Å². The van der Waals surface area contributed by atoms with Gasteiger partial charge in [0.15, 0.2) is 0 Å². The molecule has 0 aromatic rings. The first-order chi connectivity index (χ1) is 2.00. The van der Waals surface area contributed by atoms with E-state index in [0.717, 1.165) is 0 Å². The summed E-state index contributed by atoms with van der Waals surface area (Å²) < 4.78 is 32.8. The maximum Gasteiger partial charge on any atom is 0.215 e. The standard InChI is InChI=1S/Er.H2O4S/c;1-5(2,3)4/h;(H2,1,2,3,4)/p-1. The molecule has 0 spiro atoms. The van der Waals surface area contributed by atoms with E-state index in [1.807, 2.05) is 0 Å². The van der Waals surface area contributed by atoms with Gasteiger partial charge in [-0.25, -0.2) is 8.42 Å². The molecule has 0 aromatic carbocycles. The fourth-order valence-electron chi connectivity index (χ4n) is 0. The van der Waals surface area contributed by atoms with Crippen LogP contribution in [0.1, 0.15) is 0 Å². The van der Waals surface area contributed by atoms with Gasteiger partial charge in [0.1, 0.15) is 0 Å². The molecular formula is HErO4S-. The number of rotatable bonds is 0. The second-order valence-corrected chi connectivity index (χ2v) is 1.28. The Hall–Kier alpha value is 1.12. The summed E-state index contributed by atoms with van der Waals surface area (Å²) in [5.41, 5.74) is 0. The minimum Gasteiger partial charge on any atom is -0.726 e. The van der Waals surface area contributed by atoms with E-state index in [0.29, 0.717) is 0 Å². The Morgan fingerprint density at radius 1 is 1.50 bits per heavy atom. The van der Waals surface area contributed by atoms with Gasteiger partial charge >= 0.3 is 0 Å². The maximum atomic E-state index is 8.63. The summed E-state index contributed by atoms with van der Waals surface area (Å²) in [4.78, 5) is 0. The van der Waals surface area contributed by atoms with Gasteiger partial charge in [-0.3, -0.25) is 4.55 Å². The molecule has 0 heterocycles. The molecule has 1 N–H and O–H groups in total. The molecule has 0 radical (unpaired) electrons. The van der Waals surface area contributed by atoms with Crippen LogP contribution in [0.2, 0.25) is 0 Å². The van der Waals surface area contributed by atoms with Crippen LogP contribution in [0.25, 0.3) is 0 Å². The van der Waals surface area contributed by atoms with Crippen molar-refractivity contribution in [2.75, 3.05) is 0 Å². The molecule has 0 unspecified atom stereocenters. The topological polar surface area (TPSA) is 77.4 Å². The molecule has 0 aliphatic rings. The Labute approximate surface area is 64.7 Å². The second kappa shape index (κ2) is 3.16. The van der Waals surface area contributed by atoms with Gasteiger partial charge in [-0.2, -0.15) is 0 Å². The predicted molar refractivity (Wildman–Crippen MR) is 12.3 cm³/mol. The van der Waals surface area contributed by atoms with Gasteiger partial charge in [-0.05, 0) is 0 Å². The van der Waals surface area contributed by atoms with E-state index in [1.54, 1.807) is 0 Å². The molecule has 0 aliphatic carbocycles. The van der Waals surface area contributed by atoms with Gasteiger partial charge in [0.25, 0.3) is 0 Å². The molecule has 0 saturated heterocycles. The monoisotopic (exact) mass is 263 g/mol. The van der Waals surface area contributed by atoms with E-state index < -0.39 is 10.4 Å². The van der Waals surface area contributed by atoms with Crippen molar-refractivity contribution in [1.29, 1.82) is 0 Å². The average Bonchev–Trinajstić information content (AvgIpc) is 0.722. The van der Waals surface area contributed by atoms with Gasteiger partial charge in [0.2, 0.25) is 10.4 Å². The van der Waals surface area contributed by atoms with Crippen molar-refractivity contribution in [3.8, 4) is 0 Å². The molecule has 0 rings (SSSR count). The van der Waals surface area contributed by atoms with Crippen molar-refractivity contribution in [2.45, 2.75) is 0 Å². The van der Waals surface area contributed by atoms with Crippen LogP contribution in [0.15, 0.2) is 0 Å². The smallest absolute Gasteiger partial charge is 0.215 e. The van der Waals surface area contributed by atoms with E-state index in [9.17, 15) is 0 Å².